The SMILES string of the molecule is CCC1(C(=O)O)CCN(C(=O)C(C)C(C)NC(=O)OCC2c3ccccc3-c3ccccc32)C1. The first kappa shape index (κ1) is 23.8. The number of rotatable bonds is 7. The molecule has 7 nitrogen and oxygen atoms in total. The Bertz CT molecular complexity index is 1050. The van der Waals surface area contributed by atoms with Gasteiger partial charge in [0.1, 0.15) is 6.61 Å². The fourth-order valence-electron chi connectivity index (χ4n) is 5.13. The quantitative estimate of drug-likeness (QED) is 0.638. The molecular formula is C27H32N2O5. The number of carbonyl (C=O) groups excluding carboxylic acids is 2. The monoisotopic (exact) mass is 464 g/mol. The van der Waals surface area contributed by atoms with Gasteiger partial charge in [0.15, 0.2) is 0 Å². The van der Waals surface area contributed by atoms with Crippen LogP contribution >= 0.6 is 0 Å². The molecule has 2 aromatic rings. The predicted octanol–water partition coefficient (Wildman–Crippen LogP) is 4.26. The van der Waals surface area contributed by atoms with Gasteiger partial charge in [-0.25, -0.2) is 4.79 Å². The van der Waals surface area contributed by atoms with E-state index in [4.69, 9.17) is 4.74 Å². The van der Waals surface area contributed by atoms with E-state index < -0.39 is 29.4 Å². The summed E-state index contributed by atoms with van der Waals surface area (Å²) in [6, 6.07) is 15.8. The molecule has 180 valence electrons. The zero-order valence-electron chi connectivity index (χ0n) is 19.9. The van der Waals surface area contributed by atoms with Crippen molar-refractivity contribution in [3.8, 4) is 11.1 Å². The summed E-state index contributed by atoms with van der Waals surface area (Å²) in [4.78, 5) is 38.9. The predicted molar refractivity (Wildman–Crippen MR) is 128 cm³/mol. The van der Waals surface area contributed by atoms with Crippen LogP contribution in [0, 0.1) is 11.3 Å². The normalized spacial score (nSPS) is 20.9. The molecule has 0 spiro atoms. The maximum atomic E-state index is 13.0. The largest absolute Gasteiger partial charge is 0.481 e. The molecule has 1 saturated heterocycles. The zero-order valence-corrected chi connectivity index (χ0v) is 19.9. The molecule has 3 atom stereocenters. The van der Waals surface area contributed by atoms with Crippen LogP contribution in [0.4, 0.5) is 4.79 Å². The van der Waals surface area contributed by atoms with E-state index in [1.165, 1.54) is 0 Å². The summed E-state index contributed by atoms with van der Waals surface area (Å²) in [5.41, 5.74) is 3.73. The molecule has 1 heterocycles. The van der Waals surface area contributed by atoms with Crippen molar-refractivity contribution in [2.24, 2.45) is 11.3 Å². The number of aliphatic carboxylic acids is 1. The second kappa shape index (κ2) is 9.49. The number of carbonyl (C=O) groups is 3. The van der Waals surface area contributed by atoms with Crippen LogP contribution in [0.3, 0.4) is 0 Å². The standard InChI is InChI=1S/C27H32N2O5/c1-4-27(25(31)32)13-14-29(16-27)24(30)17(2)18(3)28-26(33)34-15-23-21-11-7-5-9-19(21)20-10-6-8-12-22(20)23/h5-12,17-18,23H,4,13-16H2,1-3H3,(H,28,33)(H,31,32). The lowest BCUT2D eigenvalue weighted by Crippen LogP contribution is -2.46. The topological polar surface area (TPSA) is 95.9 Å². The third-order valence-corrected chi connectivity index (χ3v) is 7.62. The fourth-order valence-corrected chi connectivity index (χ4v) is 5.13. The number of alkyl carbamates (subject to hydrolysis) is 1. The lowest BCUT2D eigenvalue weighted by molar-refractivity contribution is -0.149. The maximum absolute atomic E-state index is 13.0. The molecule has 4 rings (SSSR count). The number of hydrogen-bond acceptors (Lipinski definition) is 4. The summed E-state index contributed by atoms with van der Waals surface area (Å²) in [5, 5.41) is 12.4. The van der Waals surface area contributed by atoms with Gasteiger partial charge in [-0.05, 0) is 42.0 Å². The molecule has 2 aromatic carbocycles. The Balaban J connectivity index is 1.34. The van der Waals surface area contributed by atoms with Gasteiger partial charge in [-0.2, -0.15) is 0 Å². The number of nitrogens with one attached hydrogen (secondary N) is 1. The minimum atomic E-state index is -0.876. The Hall–Kier alpha value is -3.35. The molecule has 2 aliphatic rings. The van der Waals surface area contributed by atoms with Gasteiger partial charge in [-0.3, -0.25) is 9.59 Å². The molecule has 1 aliphatic carbocycles. The first-order valence-electron chi connectivity index (χ1n) is 11.9. The Morgan fingerprint density at radius 2 is 1.68 bits per heavy atom. The number of carboxylic acids is 1. The van der Waals surface area contributed by atoms with E-state index in [2.05, 4.69) is 29.6 Å². The zero-order chi connectivity index (χ0) is 24.5. The van der Waals surface area contributed by atoms with Crippen LogP contribution in [0.15, 0.2) is 48.5 Å². The third kappa shape index (κ3) is 4.27. The molecule has 1 aliphatic heterocycles. The van der Waals surface area contributed by atoms with E-state index in [-0.39, 0.29) is 25.0 Å². The Morgan fingerprint density at radius 3 is 2.21 bits per heavy atom. The van der Waals surface area contributed by atoms with Crippen LogP contribution in [0.25, 0.3) is 11.1 Å². The average molecular weight is 465 g/mol. The Morgan fingerprint density at radius 1 is 1.09 bits per heavy atom. The summed E-state index contributed by atoms with van der Waals surface area (Å²) >= 11 is 0. The van der Waals surface area contributed by atoms with Gasteiger partial charge >= 0.3 is 12.1 Å². The Kier molecular flexibility index (Phi) is 6.64. The Labute approximate surface area is 200 Å². The van der Waals surface area contributed by atoms with Crippen LogP contribution in [-0.4, -0.2) is 53.7 Å². The molecule has 34 heavy (non-hydrogen) atoms. The first-order chi connectivity index (χ1) is 16.3. The summed E-state index contributed by atoms with van der Waals surface area (Å²) in [6.07, 6.45) is 0.364. The number of ether oxygens (including phenoxy) is 1. The van der Waals surface area contributed by atoms with Gasteiger partial charge in [0, 0.05) is 25.0 Å². The van der Waals surface area contributed by atoms with Crippen molar-refractivity contribution < 1.29 is 24.2 Å². The average Bonchev–Trinajstić information content (AvgIpc) is 3.42. The number of amides is 2. The van der Waals surface area contributed by atoms with Gasteiger partial charge in [0.25, 0.3) is 0 Å². The van der Waals surface area contributed by atoms with Gasteiger partial charge in [-0.1, -0.05) is 62.4 Å². The van der Waals surface area contributed by atoms with Crippen LogP contribution in [0.2, 0.25) is 0 Å². The molecular weight excluding hydrogens is 432 g/mol. The van der Waals surface area contributed by atoms with Gasteiger partial charge in [-0.15, -0.1) is 0 Å². The van der Waals surface area contributed by atoms with Gasteiger partial charge < -0.3 is 20.1 Å². The highest BCUT2D eigenvalue weighted by Crippen LogP contribution is 2.44. The molecule has 0 radical (unpaired) electrons. The number of likely N-dealkylation sites (tertiary alicyclic amines) is 1. The first-order valence-corrected chi connectivity index (χ1v) is 11.9. The van der Waals surface area contributed by atoms with Crippen molar-refractivity contribution in [1.82, 2.24) is 10.2 Å². The van der Waals surface area contributed by atoms with Crippen LogP contribution in [0.5, 0.6) is 0 Å². The summed E-state index contributed by atoms with van der Waals surface area (Å²) in [5.74, 6) is -1.54. The highest BCUT2D eigenvalue weighted by atomic mass is 16.5. The van der Waals surface area contributed by atoms with Crippen molar-refractivity contribution in [2.75, 3.05) is 19.7 Å². The molecule has 1 fully saturated rings. The van der Waals surface area contributed by atoms with E-state index in [0.717, 1.165) is 22.3 Å². The molecule has 7 heteroatoms. The summed E-state index contributed by atoms with van der Waals surface area (Å²) in [7, 11) is 0. The van der Waals surface area contributed by atoms with Crippen molar-refractivity contribution in [2.45, 2.75) is 45.6 Å². The number of fused-ring (bicyclic) bond motifs is 3. The number of benzene rings is 2. The van der Waals surface area contributed by atoms with Crippen molar-refractivity contribution in [3.63, 3.8) is 0 Å². The lowest BCUT2D eigenvalue weighted by Gasteiger charge is -2.27. The van der Waals surface area contributed by atoms with E-state index in [1.54, 1.807) is 18.7 Å². The van der Waals surface area contributed by atoms with E-state index in [1.807, 2.05) is 31.2 Å². The molecule has 0 bridgehead atoms. The van der Waals surface area contributed by atoms with E-state index in [0.29, 0.717) is 19.4 Å². The van der Waals surface area contributed by atoms with Gasteiger partial charge in [0.2, 0.25) is 5.91 Å². The minimum Gasteiger partial charge on any atom is -0.481 e. The van der Waals surface area contributed by atoms with Crippen LogP contribution in [0.1, 0.15) is 50.7 Å². The summed E-state index contributed by atoms with van der Waals surface area (Å²) < 4.78 is 5.59. The second-order valence-corrected chi connectivity index (χ2v) is 9.50. The molecule has 2 N–H and O–H groups in total. The molecule has 0 saturated carbocycles. The van der Waals surface area contributed by atoms with Gasteiger partial charge in [0.05, 0.1) is 11.3 Å². The maximum Gasteiger partial charge on any atom is 0.407 e. The third-order valence-electron chi connectivity index (χ3n) is 7.62. The lowest BCUT2D eigenvalue weighted by atomic mass is 9.84. The minimum absolute atomic E-state index is 0.0321. The van der Waals surface area contributed by atoms with Crippen molar-refractivity contribution in [3.05, 3.63) is 59.7 Å². The fraction of sp³-hybridized carbons (Fsp3) is 0.444. The van der Waals surface area contributed by atoms with Crippen molar-refractivity contribution >= 4 is 18.0 Å². The molecule has 3 unspecified atom stereocenters. The molecule has 2 amide bonds. The van der Waals surface area contributed by atoms with E-state index >= 15 is 0 Å². The number of carboxylic acid groups (broad SMARTS) is 1. The number of nitrogens with zero attached hydrogens (tertiary/aromatic N) is 1. The second-order valence-electron chi connectivity index (χ2n) is 9.50. The van der Waals surface area contributed by atoms with Crippen LogP contribution < -0.4 is 5.32 Å². The number of hydrogen-bond donors (Lipinski definition) is 2. The highest BCUT2D eigenvalue weighted by Gasteiger charge is 2.45. The van der Waals surface area contributed by atoms with E-state index in [9.17, 15) is 19.5 Å². The van der Waals surface area contributed by atoms with Crippen molar-refractivity contribution in [1.29, 1.82) is 0 Å². The molecule has 0 aromatic heterocycles. The smallest absolute Gasteiger partial charge is 0.407 e. The van der Waals surface area contributed by atoms with Crippen LogP contribution in [-0.2, 0) is 14.3 Å². The highest BCUT2D eigenvalue weighted by molar-refractivity contribution is 5.83. The summed E-state index contributed by atoms with van der Waals surface area (Å²) in [6.45, 7) is 6.19.